The zero-order valence-electron chi connectivity index (χ0n) is 21.1. The number of carbonyl (C=O) groups is 3. The van der Waals surface area contributed by atoms with Gasteiger partial charge in [0.1, 0.15) is 0 Å². The first kappa shape index (κ1) is 31.4. The van der Waals surface area contributed by atoms with Gasteiger partial charge in [0.05, 0.1) is 19.4 Å². The highest BCUT2D eigenvalue weighted by molar-refractivity contribution is 5.88. The molecule has 7 heteroatoms. The molecule has 194 valence electrons. The minimum Gasteiger partial charge on any atom is -0.481 e. The minimum absolute atomic E-state index is 0.112. The van der Waals surface area contributed by atoms with Crippen LogP contribution in [0, 0.1) is 0 Å². The van der Waals surface area contributed by atoms with Gasteiger partial charge in [-0.2, -0.15) is 0 Å². The van der Waals surface area contributed by atoms with Crippen molar-refractivity contribution in [2.45, 2.75) is 135 Å². The van der Waals surface area contributed by atoms with Gasteiger partial charge in [0.25, 0.3) is 0 Å². The van der Waals surface area contributed by atoms with Crippen molar-refractivity contribution in [3.8, 4) is 0 Å². The molecule has 0 radical (unpaired) electrons. The van der Waals surface area contributed by atoms with Gasteiger partial charge in [-0.05, 0) is 12.8 Å². The van der Waals surface area contributed by atoms with Gasteiger partial charge in [-0.1, -0.05) is 104 Å². The molecule has 0 spiro atoms. The van der Waals surface area contributed by atoms with Crippen LogP contribution in [-0.4, -0.2) is 46.9 Å². The predicted octanol–water partition coefficient (Wildman–Crippen LogP) is 6.52. The lowest BCUT2D eigenvalue weighted by molar-refractivity contribution is -0.180. The molecule has 0 saturated heterocycles. The summed E-state index contributed by atoms with van der Waals surface area (Å²) in [5.41, 5.74) is -2.08. The van der Waals surface area contributed by atoms with Crippen molar-refractivity contribution in [2.75, 3.05) is 13.2 Å². The second-order valence-electron chi connectivity index (χ2n) is 9.07. The molecule has 0 aromatic heterocycles. The highest BCUT2D eigenvalue weighted by Gasteiger charge is 2.44. The second-order valence-corrected chi connectivity index (χ2v) is 9.07. The molecule has 0 aromatic rings. The van der Waals surface area contributed by atoms with E-state index in [1.807, 2.05) is 0 Å². The average Bonchev–Trinajstić information content (AvgIpc) is 2.76. The first-order valence-corrected chi connectivity index (χ1v) is 13.1. The van der Waals surface area contributed by atoms with E-state index >= 15 is 0 Å². The molecular formula is C26H48O7. The Morgan fingerprint density at radius 1 is 0.606 bits per heavy atom. The Morgan fingerprint density at radius 2 is 1.03 bits per heavy atom. The van der Waals surface area contributed by atoms with E-state index in [9.17, 15) is 24.6 Å². The van der Waals surface area contributed by atoms with Crippen molar-refractivity contribution in [3.63, 3.8) is 0 Å². The van der Waals surface area contributed by atoms with Crippen LogP contribution in [0.2, 0.25) is 0 Å². The molecule has 0 heterocycles. The maximum atomic E-state index is 12.2. The third kappa shape index (κ3) is 17.5. The summed E-state index contributed by atoms with van der Waals surface area (Å²) in [6.45, 7) is 4.68. The van der Waals surface area contributed by atoms with Gasteiger partial charge in [0.2, 0.25) is 0 Å². The first-order valence-electron chi connectivity index (χ1n) is 13.1. The molecule has 0 aliphatic carbocycles. The predicted molar refractivity (Wildman–Crippen MR) is 129 cm³/mol. The second kappa shape index (κ2) is 20.9. The van der Waals surface area contributed by atoms with E-state index in [0.717, 1.165) is 44.9 Å². The fraction of sp³-hybridized carbons (Fsp3) is 0.885. The number of carbonyl (C=O) groups excluding carboxylic acids is 1. The lowest BCUT2D eigenvalue weighted by Gasteiger charge is -2.27. The van der Waals surface area contributed by atoms with Gasteiger partial charge in [0.15, 0.2) is 5.60 Å². The molecule has 2 N–H and O–H groups in total. The highest BCUT2D eigenvalue weighted by Crippen LogP contribution is 2.24. The average molecular weight is 473 g/mol. The quantitative estimate of drug-likeness (QED) is 0.122. The van der Waals surface area contributed by atoms with Crippen molar-refractivity contribution in [1.82, 2.24) is 0 Å². The topological polar surface area (TPSA) is 110 Å². The van der Waals surface area contributed by atoms with Crippen LogP contribution >= 0.6 is 0 Å². The number of hydrogen-bond acceptors (Lipinski definition) is 5. The van der Waals surface area contributed by atoms with Gasteiger partial charge < -0.3 is 19.7 Å². The highest BCUT2D eigenvalue weighted by atomic mass is 16.5. The van der Waals surface area contributed by atoms with Crippen molar-refractivity contribution in [2.24, 2.45) is 0 Å². The van der Waals surface area contributed by atoms with E-state index in [4.69, 9.17) is 9.47 Å². The fourth-order valence-electron chi connectivity index (χ4n) is 3.83. The Kier molecular flexibility index (Phi) is 19.9. The van der Waals surface area contributed by atoms with Crippen LogP contribution in [0.1, 0.15) is 129 Å². The van der Waals surface area contributed by atoms with Crippen LogP contribution < -0.4 is 0 Å². The summed E-state index contributed by atoms with van der Waals surface area (Å²) in [5.74, 6) is -3.48. The summed E-state index contributed by atoms with van der Waals surface area (Å²) < 4.78 is 10.7. The zero-order valence-corrected chi connectivity index (χ0v) is 21.1. The van der Waals surface area contributed by atoms with E-state index in [1.165, 1.54) is 44.9 Å². The number of carboxylic acid groups (broad SMARTS) is 2. The molecule has 1 unspecified atom stereocenters. The van der Waals surface area contributed by atoms with Gasteiger partial charge in [-0.3, -0.25) is 9.59 Å². The molecule has 0 aromatic carbocycles. The molecule has 1 atom stereocenters. The smallest absolute Gasteiger partial charge is 0.337 e. The van der Waals surface area contributed by atoms with Crippen LogP contribution in [0.5, 0.6) is 0 Å². The summed E-state index contributed by atoms with van der Waals surface area (Å²) in [4.78, 5) is 35.4. The van der Waals surface area contributed by atoms with E-state index in [-0.39, 0.29) is 13.2 Å². The SMILES string of the molecule is CCCCCCCCCCCCOC(CC(=O)O)(CC(=O)OCCCCCCCC)C(=O)O. The van der Waals surface area contributed by atoms with Crippen LogP contribution in [0.3, 0.4) is 0 Å². The number of rotatable bonds is 24. The van der Waals surface area contributed by atoms with E-state index in [2.05, 4.69) is 13.8 Å². The number of hydrogen-bond donors (Lipinski definition) is 2. The minimum atomic E-state index is -2.08. The van der Waals surface area contributed by atoms with E-state index in [1.54, 1.807) is 0 Å². The summed E-state index contributed by atoms with van der Waals surface area (Å²) in [6, 6.07) is 0. The summed E-state index contributed by atoms with van der Waals surface area (Å²) in [7, 11) is 0. The number of ether oxygens (including phenoxy) is 2. The van der Waals surface area contributed by atoms with E-state index in [0.29, 0.717) is 12.8 Å². The summed E-state index contributed by atoms with van der Waals surface area (Å²) in [5, 5.41) is 18.9. The number of carboxylic acids is 2. The van der Waals surface area contributed by atoms with Crippen molar-refractivity contribution in [3.05, 3.63) is 0 Å². The Labute approximate surface area is 200 Å². The Bertz CT molecular complexity index is 521. The lowest BCUT2D eigenvalue weighted by Crippen LogP contribution is -2.46. The van der Waals surface area contributed by atoms with Gasteiger partial charge in [0, 0.05) is 6.61 Å². The molecular weight excluding hydrogens is 424 g/mol. The van der Waals surface area contributed by atoms with Gasteiger partial charge in [-0.25, -0.2) is 4.79 Å². The zero-order chi connectivity index (χ0) is 24.8. The monoisotopic (exact) mass is 472 g/mol. The first-order chi connectivity index (χ1) is 15.9. The van der Waals surface area contributed by atoms with Crippen molar-refractivity contribution < 1.29 is 34.1 Å². The molecule has 0 bridgehead atoms. The molecule has 33 heavy (non-hydrogen) atoms. The van der Waals surface area contributed by atoms with E-state index < -0.39 is 36.4 Å². The molecule has 0 fully saturated rings. The Balaban J connectivity index is 4.32. The lowest BCUT2D eigenvalue weighted by atomic mass is 9.95. The summed E-state index contributed by atoms with van der Waals surface area (Å²) in [6.07, 6.45) is 16.1. The van der Waals surface area contributed by atoms with Crippen molar-refractivity contribution in [1.29, 1.82) is 0 Å². The Hall–Kier alpha value is -1.63. The molecule has 7 nitrogen and oxygen atoms in total. The molecule has 0 aliphatic rings. The maximum Gasteiger partial charge on any atom is 0.337 e. The van der Waals surface area contributed by atoms with Crippen LogP contribution in [0.4, 0.5) is 0 Å². The fourth-order valence-corrected chi connectivity index (χ4v) is 3.83. The van der Waals surface area contributed by atoms with Crippen LogP contribution in [0.15, 0.2) is 0 Å². The normalized spacial score (nSPS) is 12.9. The number of aliphatic carboxylic acids is 2. The molecule has 0 saturated carbocycles. The number of esters is 1. The Morgan fingerprint density at radius 3 is 1.45 bits per heavy atom. The molecule has 0 rings (SSSR count). The van der Waals surface area contributed by atoms with Gasteiger partial charge >= 0.3 is 17.9 Å². The third-order valence-electron chi connectivity index (χ3n) is 5.89. The largest absolute Gasteiger partial charge is 0.481 e. The van der Waals surface area contributed by atoms with Crippen LogP contribution in [0.25, 0.3) is 0 Å². The van der Waals surface area contributed by atoms with Crippen molar-refractivity contribution >= 4 is 17.9 Å². The van der Waals surface area contributed by atoms with Crippen LogP contribution in [-0.2, 0) is 23.9 Å². The molecule has 0 amide bonds. The molecule has 0 aliphatic heterocycles. The summed E-state index contributed by atoms with van der Waals surface area (Å²) >= 11 is 0. The number of unbranched alkanes of at least 4 members (excludes halogenated alkanes) is 14. The maximum absolute atomic E-state index is 12.2. The van der Waals surface area contributed by atoms with Gasteiger partial charge in [-0.15, -0.1) is 0 Å². The standard InChI is InChI=1S/C26H48O7/c1-3-5-7-9-11-12-13-14-16-18-20-33-26(25(30)31,21-23(27)28)22-24(29)32-19-17-15-10-8-6-4-2/h3-22H2,1-2H3,(H,27,28)(H,30,31). The third-order valence-corrected chi connectivity index (χ3v) is 5.89.